The minimum Gasteiger partial charge on any atom is -0.495 e. The molecule has 0 bridgehead atoms. The predicted molar refractivity (Wildman–Crippen MR) is 116 cm³/mol. The fourth-order valence-corrected chi connectivity index (χ4v) is 3.85. The molecule has 0 unspecified atom stereocenters. The van der Waals surface area contributed by atoms with Crippen molar-refractivity contribution < 1.29 is 14.6 Å². The van der Waals surface area contributed by atoms with E-state index >= 15 is 0 Å². The van der Waals surface area contributed by atoms with Gasteiger partial charge in [-0.05, 0) is 30.2 Å². The van der Waals surface area contributed by atoms with Crippen LogP contribution in [0.4, 0.5) is 0 Å². The van der Waals surface area contributed by atoms with Crippen LogP contribution in [0.1, 0.15) is 5.56 Å². The van der Waals surface area contributed by atoms with Gasteiger partial charge in [0.1, 0.15) is 11.8 Å². The maximum absolute atomic E-state index is 13.3. The number of carbonyl (C=O) groups is 1. The van der Waals surface area contributed by atoms with Gasteiger partial charge >= 0.3 is 5.97 Å². The summed E-state index contributed by atoms with van der Waals surface area (Å²) < 4.78 is 7.28. The Hall–Kier alpha value is -3.71. The van der Waals surface area contributed by atoms with Crippen molar-refractivity contribution in [3.63, 3.8) is 0 Å². The number of nitrogens with zero attached hydrogens (tertiary/aromatic N) is 2. The lowest BCUT2D eigenvalue weighted by atomic mass is 9.94. The second-order valence-corrected chi connectivity index (χ2v) is 7.11. The van der Waals surface area contributed by atoms with Gasteiger partial charge in [-0.3, -0.25) is 14.6 Å². The van der Waals surface area contributed by atoms with Gasteiger partial charge < -0.3 is 20.1 Å². The van der Waals surface area contributed by atoms with E-state index in [1.54, 1.807) is 43.1 Å². The fraction of sp³-hybridized carbons (Fsp3) is 0.174. The predicted octanol–water partition coefficient (Wildman–Crippen LogP) is 2.72. The maximum atomic E-state index is 13.3. The fourth-order valence-electron chi connectivity index (χ4n) is 3.85. The topological polar surface area (TPSA) is 107 Å². The van der Waals surface area contributed by atoms with Gasteiger partial charge in [-0.1, -0.05) is 30.3 Å². The van der Waals surface area contributed by atoms with Crippen molar-refractivity contribution >= 4 is 27.8 Å². The summed E-state index contributed by atoms with van der Waals surface area (Å²) in [4.78, 5) is 29.0. The first-order chi connectivity index (χ1) is 14.4. The van der Waals surface area contributed by atoms with E-state index in [0.29, 0.717) is 22.4 Å². The van der Waals surface area contributed by atoms with Crippen molar-refractivity contribution in [3.8, 4) is 16.9 Å². The van der Waals surface area contributed by atoms with Gasteiger partial charge in [0.2, 0.25) is 0 Å². The Bertz CT molecular complexity index is 1340. The quantitative estimate of drug-likeness (QED) is 0.531. The van der Waals surface area contributed by atoms with Gasteiger partial charge in [0, 0.05) is 29.6 Å². The summed E-state index contributed by atoms with van der Waals surface area (Å²) in [6.45, 7) is 0. The lowest BCUT2D eigenvalue weighted by Crippen LogP contribution is -2.32. The van der Waals surface area contributed by atoms with E-state index in [1.807, 2.05) is 30.3 Å². The summed E-state index contributed by atoms with van der Waals surface area (Å²) in [6, 6.07) is 13.7. The van der Waals surface area contributed by atoms with Crippen LogP contribution in [0.2, 0.25) is 0 Å². The molecule has 4 rings (SSSR count). The Labute approximate surface area is 172 Å². The van der Waals surface area contributed by atoms with Gasteiger partial charge in [-0.2, -0.15) is 0 Å². The first kappa shape index (κ1) is 19.6. The van der Waals surface area contributed by atoms with Gasteiger partial charge in [0.25, 0.3) is 5.56 Å². The lowest BCUT2D eigenvalue weighted by Gasteiger charge is -2.17. The minimum atomic E-state index is -1.07. The Morgan fingerprint density at radius 3 is 2.63 bits per heavy atom. The molecule has 30 heavy (non-hydrogen) atoms. The third-order valence-electron chi connectivity index (χ3n) is 5.35. The molecule has 3 N–H and O–H groups in total. The molecule has 0 aliphatic carbocycles. The van der Waals surface area contributed by atoms with Crippen LogP contribution in [0, 0.1) is 0 Å². The Balaban J connectivity index is 2.04. The summed E-state index contributed by atoms with van der Waals surface area (Å²) in [5.41, 5.74) is 8.71. The molecule has 7 heteroatoms. The van der Waals surface area contributed by atoms with Crippen LogP contribution in [-0.2, 0) is 18.3 Å². The first-order valence-corrected chi connectivity index (χ1v) is 9.45. The zero-order chi connectivity index (χ0) is 21.4. The first-order valence-electron chi connectivity index (χ1n) is 9.45. The smallest absolute Gasteiger partial charge is 0.320 e. The third kappa shape index (κ3) is 3.09. The van der Waals surface area contributed by atoms with E-state index in [4.69, 9.17) is 10.5 Å². The molecule has 7 nitrogen and oxygen atoms in total. The van der Waals surface area contributed by atoms with Crippen molar-refractivity contribution in [1.82, 2.24) is 9.55 Å². The van der Waals surface area contributed by atoms with Crippen molar-refractivity contribution in [3.05, 3.63) is 70.6 Å². The normalized spacial score (nSPS) is 12.2. The Kier molecular flexibility index (Phi) is 4.97. The van der Waals surface area contributed by atoms with Crippen LogP contribution in [0.15, 0.2) is 59.5 Å². The highest BCUT2D eigenvalue weighted by molar-refractivity contribution is 6.01. The summed E-state index contributed by atoms with van der Waals surface area (Å²) in [7, 11) is 3.27. The number of benzene rings is 2. The van der Waals surface area contributed by atoms with E-state index < -0.39 is 12.0 Å². The molecule has 152 valence electrons. The monoisotopic (exact) mass is 403 g/mol. The molecule has 2 heterocycles. The van der Waals surface area contributed by atoms with Crippen LogP contribution >= 0.6 is 0 Å². The number of aromatic nitrogens is 2. The number of rotatable bonds is 5. The third-order valence-corrected chi connectivity index (χ3v) is 5.35. The molecular formula is C23H21N3O4. The Morgan fingerprint density at radius 1 is 1.17 bits per heavy atom. The van der Waals surface area contributed by atoms with Crippen LogP contribution < -0.4 is 16.0 Å². The highest BCUT2D eigenvalue weighted by Gasteiger charge is 2.21. The number of carboxylic acids is 1. The van der Waals surface area contributed by atoms with Gasteiger partial charge in [-0.15, -0.1) is 0 Å². The average molecular weight is 403 g/mol. The number of hydrogen-bond acceptors (Lipinski definition) is 5. The van der Waals surface area contributed by atoms with E-state index in [2.05, 4.69) is 4.98 Å². The van der Waals surface area contributed by atoms with E-state index in [0.717, 1.165) is 21.9 Å². The van der Waals surface area contributed by atoms with Gasteiger partial charge in [0.15, 0.2) is 0 Å². The van der Waals surface area contributed by atoms with Crippen molar-refractivity contribution in [2.75, 3.05) is 7.11 Å². The van der Waals surface area contributed by atoms with Crippen molar-refractivity contribution in [2.24, 2.45) is 12.8 Å². The number of para-hydroxylation sites is 1. The number of hydrogen-bond donors (Lipinski definition) is 2. The zero-order valence-electron chi connectivity index (χ0n) is 16.6. The highest BCUT2D eigenvalue weighted by atomic mass is 16.5. The van der Waals surface area contributed by atoms with E-state index in [9.17, 15) is 14.7 Å². The molecular weight excluding hydrogens is 382 g/mol. The summed E-state index contributed by atoms with van der Waals surface area (Å²) in [5.74, 6) is -0.586. The van der Waals surface area contributed by atoms with Gasteiger partial charge in [0.05, 0.1) is 23.7 Å². The van der Waals surface area contributed by atoms with Crippen LogP contribution in [-0.4, -0.2) is 33.8 Å². The average Bonchev–Trinajstić information content (AvgIpc) is 2.76. The number of aliphatic carboxylic acids is 1. The summed E-state index contributed by atoms with van der Waals surface area (Å²) in [5, 5.41) is 10.8. The van der Waals surface area contributed by atoms with E-state index in [-0.39, 0.29) is 12.0 Å². The number of nitrogens with two attached hydrogens (primary N) is 1. The van der Waals surface area contributed by atoms with Crippen molar-refractivity contribution in [1.29, 1.82) is 0 Å². The molecule has 0 saturated heterocycles. The number of carboxylic acid groups (broad SMARTS) is 1. The Morgan fingerprint density at radius 2 is 1.90 bits per heavy atom. The molecule has 4 aromatic rings. The molecule has 0 fully saturated rings. The lowest BCUT2D eigenvalue weighted by molar-refractivity contribution is -0.138. The number of aryl methyl sites for hydroxylation is 1. The molecule has 0 spiro atoms. The largest absolute Gasteiger partial charge is 0.495 e. The van der Waals surface area contributed by atoms with Crippen molar-refractivity contribution in [2.45, 2.75) is 12.5 Å². The SMILES string of the molecule is COc1c(-c2ccc(C[C@H](N)C(=O)O)c3cccnc23)c(=O)n(C)c2ccccc12. The second kappa shape index (κ2) is 7.61. The van der Waals surface area contributed by atoms with Crippen LogP contribution in [0.5, 0.6) is 5.75 Å². The van der Waals surface area contributed by atoms with Crippen LogP contribution in [0.25, 0.3) is 32.9 Å². The number of methoxy groups -OCH3 is 1. The molecule has 2 aromatic carbocycles. The number of pyridine rings is 2. The molecule has 2 aromatic heterocycles. The van der Waals surface area contributed by atoms with E-state index in [1.165, 1.54) is 0 Å². The van der Waals surface area contributed by atoms with Gasteiger partial charge in [-0.25, -0.2) is 0 Å². The molecule has 0 saturated carbocycles. The second-order valence-electron chi connectivity index (χ2n) is 7.11. The summed E-state index contributed by atoms with van der Waals surface area (Å²) >= 11 is 0. The standard InChI is InChI=1S/C23H21N3O4/c1-26-18-8-4-3-6-15(18)21(30-2)19(22(26)27)16-10-9-13(12-17(24)23(28)29)14-7-5-11-25-20(14)16/h3-11,17H,12,24H2,1-2H3,(H,28,29)/t17-/m0/s1. The number of ether oxygens (including phenoxy) is 1. The summed E-state index contributed by atoms with van der Waals surface area (Å²) in [6.07, 6.45) is 1.80. The molecule has 0 amide bonds. The molecule has 0 aliphatic heterocycles. The number of fused-ring (bicyclic) bond motifs is 2. The molecule has 0 radical (unpaired) electrons. The molecule has 0 aliphatic rings. The zero-order valence-corrected chi connectivity index (χ0v) is 16.6. The maximum Gasteiger partial charge on any atom is 0.320 e. The molecule has 1 atom stereocenters. The minimum absolute atomic E-state index is 0.157. The highest BCUT2D eigenvalue weighted by Crippen LogP contribution is 2.37. The van der Waals surface area contributed by atoms with Crippen LogP contribution in [0.3, 0.4) is 0 Å².